The summed E-state index contributed by atoms with van der Waals surface area (Å²) >= 11 is 0. The summed E-state index contributed by atoms with van der Waals surface area (Å²) in [5.41, 5.74) is 7.95. The van der Waals surface area contributed by atoms with Gasteiger partial charge in [-0.15, -0.1) is 0 Å². The number of ether oxygens (including phenoxy) is 1. The number of H-pyrrole nitrogens is 1. The Morgan fingerprint density at radius 1 is 1.41 bits per heavy atom. The van der Waals surface area contributed by atoms with Crippen molar-refractivity contribution >= 4 is 22.9 Å². The Bertz CT molecular complexity index is 658. The van der Waals surface area contributed by atoms with Gasteiger partial charge in [-0.2, -0.15) is 0 Å². The number of aromatic nitrogens is 1. The highest BCUT2D eigenvalue weighted by atomic mass is 16.5. The lowest BCUT2D eigenvalue weighted by Crippen LogP contribution is -2.27. The van der Waals surface area contributed by atoms with Gasteiger partial charge >= 0.3 is 0 Å². The number of benzene rings is 1. The second-order valence-electron chi connectivity index (χ2n) is 5.11. The first-order valence-electron chi connectivity index (χ1n) is 7.62. The number of rotatable bonds is 7. The fourth-order valence-corrected chi connectivity index (χ4v) is 2.21. The summed E-state index contributed by atoms with van der Waals surface area (Å²) in [6.45, 7) is 2.94. The van der Waals surface area contributed by atoms with E-state index in [1.807, 2.05) is 30.5 Å². The maximum Gasteiger partial charge on any atom is 0.192 e. The van der Waals surface area contributed by atoms with Crippen LogP contribution in [0.5, 0.6) is 5.75 Å². The van der Waals surface area contributed by atoms with Crippen molar-refractivity contribution in [3.63, 3.8) is 0 Å². The first-order chi connectivity index (χ1) is 10.7. The molecule has 0 amide bonds. The van der Waals surface area contributed by atoms with Gasteiger partial charge in [-0.05, 0) is 30.7 Å². The number of methoxy groups -OCH3 is 1. The van der Waals surface area contributed by atoms with Gasteiger partial charge in [0.15, 0.2) is 5.96 Å². The van der Waals surface area contributed by atoms with Crippen LogP contribution in [-0.4, -0.2) is 24.6 Å². The Hall–Kier alpha value is -2.43. The molecule has 0 saturated carbocycles. The van der Waals surface area contributed by atoms with Gasteiger partial charge < -0.3 is 20.8 Å². The molecule has 4 N–H and O–H groups in total. The summed E-state index contributed by atoms with van der Waals surface area (Å²) in [4.78, 5) is 7.50. The minimum absolute atomic E-state index is 0.449. The average molecular weight is 300 g/mol. The Morgan fingerprint density at radius 3 is 3.05 bits per heavy atom. The van der Waals surface area contributed by atoms with Crippen LogP contribution in [0.15, 0.2) is 35.6 Å². The molecule has 0 saturated heterocycles. The highest BCUT2D eigenvalue weighted by Crippen LogP contribution is 2.24. The van der Waals surface area contributed by atoms with Crippen molar-refractivity contribution in [2.24, 2.45) is 10.7 Å². The van der Waals surface area contributed by atoms with Gasteiger partial charge in [-0.1, -0.05) is 19.8 Å². The summed E-state index contributed by atoms with van der Waals surface area (Å²) in [5.74, 6) is 1.29. The van der Waals surface area contributed by atoms with Crippen molar-refractivity contribution in [2.45, 2.75) is 26.2 Å². The van der Waals surface area contributed by atoms with Crippen LogP contribution in [0, 0.1) is 0 Å². The number of aromatic amines is 1. The Labute approximate surface area is 131 Å². The van der Waals surface area contributed by atoms with Crippen molar-refractivity contribution in [1.29, 1.82) is 0 Å². The third-order valence-corrected chi connectivity index (χ3v) is 3.46. The number of fused-ring (bicyclic) bond motifs is 1. The van der Waals surface area contributed by atoms with Crippen LogP contribution in [0.3, 0.4) is 0 Å². The van der Waals surface area contributed by atoms with Crippen LogP contribution in [-0.2, 0) is 0 Å². The average Bonchev–Trinajstić information content (AvgIpc) is 2.94. The van der Waals surface area contributed by atoms with E-state index >= 15 is 0 Å². The molecule has 0 fully saturated rings. The molecule has 22 heavy (non-hydrogen) atoms. The van der Waals surface area contributed by atoms with Crippen LogP contribution in [0.1, 0.15) is 31.7 Å². The van der Waals surface area contributed by atoms with Gasteiger partial charge in [0.1, 0.15) is 5.75 Å². The molecule has 0 aliphatic rings. The number of aliphatic imine (C=N–C) groups is 1. The molecule has 1 heterocycles. The van der Waals surface area contributed by atoms with E-state index in [2.05, 4.69) is 22.2 Å². The zero-order valence-electron chi connectivity index (χ0n) is 13.2. The molecule has 2 rings (SSSR count). The van der Waals surface area contributed by atoms with E-state index in [1.54, 1.807) is 13.3 Å². The molecule has 0 atom stereocenters. The second-order valence-corrected chi connectivity index (χ2v) is 5.11. The van der Waals surface area contributed by atoms with Crippen LogP contribution in [0.2, 0.25) is 0 Å². The molecule has 118 valence electrons. The fourth-order valence-electron chi connectivity index (χ4n) is 2.21. The number of hydrogen-bond donors (Lipinski definition) is 3. The minimum Gasteiger partial charge on any atom is -0.497 e. The second kappa shape index (κ2) is 8.12. The Kier molecular flexibility index (Phi) is 5.89. The zero-order chi connectivity index (χ0) is 15.8. The van der Waals surface area contributed by atoms with Crippen molar-refractivity contribution in [3.05, 3.63) is 36.2 Å². The molecule has 0 aliphatic heterocycles. The first kappa shape index (κ1) is 15.9. The van der Waals surface area contributed by atoms with E-state index in [-0.39, 0.29) is 0 Å². The molecule has 0 aliphatic carbocycles. The summed E-state index contributed by atoms with van der Waals surface area (Å²) in [6.07, 6.45) is 9.17. The third-order valence-electron chi connectivity index (χ3n) is 3.46. The molecule has 0 radical (unpaired) electrons. The van der Waals surface area contributed by atoms with E-state index in [9.17, 15) is 0 Å². The third kappa shape index (κ3) is 4.28. The lowest BCUT2D eigenvalue weighted by atomic mass is 10.1. The van der Waals surface area contributed by atoms with Gasteiger partial charge in [0.05, 0.1) is 7.11 Å². The summed E-state index contributed by atoms with van der Waals surface area (Å²) in [7, 11) is 1.67. The Morgan fingerprint density at radius 2 is 2.27 bits per heavy atom. The van der Waals surface area contributed by atoms with Gasteiger partial charge in [0.2, 0.25) is 0 Å². The molecule has 1 aromatic carbocycles. The lowest BCUT2D eigenvalue weighted by molar-refractivity contribution is 0.415. The number of nitrogens with one attached hydrogen (secondary N) is 2. The number of guanidine groups is 1. The fraction of sp³-hybridized carbons (Fsp3) is 0.353. The first-order valence-corrected chi connectivity index (χ1v) is 7.62. The monoisotopic (exact) mass is 300 g/mol. The van der Waals surface area contributed by atoms with E-state index in [1.165, 1.54) is 12.8 Å². The molecular formula is C17H24N4O. The molecular weight excluding hydrogens is 276 g/mol. The zero-order valence-corrected chi connectivity index (χ0v) is 13.2. The summed E-state index contributed by atoms with van der Waals surface area (Å²) < 4.78 is 5.26. The van der Waals surface area contributed by atoms with Gasteiger partial charge in [0.25, 0.3) is 0 Å². The van der Waals surface area contributed by atoms with E-state index in [0.717, 1.165) is 35.2 Å². The number of hydrogen-bond acceptors (Lipinski definition) is 2. The van der Waals surface area contributed by atoms with E-state index in [4.69, 9.17) is 10.5 Å². The molecule has 0 bridgehead atoms. The van der Waals surface area contributed by atoms with Crippen molar-refractivity contribution in [2.75, 3.05) is 13.7 Å². The molecule has 5 heteroatoms. The SMILES string of the molecule is CCCCCN=C(N)N/C=C\c1c[nH]c2ccc(OC)cc12. The normalized spacial score (nSPS) is 12.2. The standard InChI is InChI=1S/C17H24N4O/c1-3-4-5-9-19-17(18)20-10-8-13-12-21-16-7-6-14(22-2)11-15(13)16/h6-8,10-12,21H,3-5,9H2,1-2H3,(H3,18,19,20)/b10-8-. The van der Waals surface area contributed by atoms with E-state index in [0.29, 0.717) is 5.96 Å². The Balaban J connectivity index is 1.98. The highest BCUT2D eigenvalue weighted by Gasteiger charge is 2.02. The van der Waals surface area contributed by atoms with Gasteiger partial charge in [0, 0.05) is 35.4 Å². The van der Waals surface area contributed by atoms with Crippen molar-refractivity contribution < 1.29 is 4.74 Å². The maximum atomic E-state index is 5.81. The highest BCUT2D eigenvalue weighted by molar-refractivity contribution is 5.90. The summed E-state index contributed by atoms with van der Waals surface area (Å²) in [6, 6.07) is 5.95. The molecule has 0 spiro atoms. The molecule has 1 aromatic heterocycles. The molecule has 0 unspecified atom stereocenters. The number of nitrogens with zero attached hydrogens (tertiary/aromatic N) is 1. The maximum absolute atomic E-state index is 5.81. The quantitative estimate of drug-likeness (QED) is 0.417. The topological polar surface area (TPSA) is 75.4 Å². The lowest BCUT2D eigenvalue weighted by Gasteiger charge is -2.01. The van der Waals surface area contributed by atoms with Crippen LogP contribution in [0.25, 0.3) is 17.0 Å². The molecule has 2 aromatic rings. The predicted molar refractivity (Wildman–Crippen MR) is 93.0 cm³/mol. The number of unbranched alkanes of at least 4 members (excludes halogenated alkanes) is 2. The van der Waals surface area contributed by atoms with Crippen LogP contribution >= 0.6 is 0 Å². The smallest absolute Gasteiger partial charge is 0.192 e. The van der Waals surface area contributed by atoms with Crippen LogP contribution in [0.4, 0.5) is 0 Å². The van der Waals surface area contributed by atoms with Gasteiger partial charge in [-0.25, -0.2) is 0 Å². The number of nitrogens with two attached hydrogens (primary N) is 1. The largest absolute Gasteiger partial charge is 0.497 e. The minimum atomic E-state index is 0.449. The molecule has 5 nitrogen and oxygen atoms in total. The van der Waals surface area contributed by atoms with Crippen molar-refractivity contribution in [1.82, 2.24) is 10.3 Å². The van der Waals surface area contributed by atoms with Crippen molar-refractivity contribution in [3.8, 4) is 5.75 Å². The van der Waals surface area contributed by atoms with E-state index < -0.39 is 0 Å². The van der Waals surface area contributed by atoms with Gasteiger partial charge in [-0.3, -0.25) is 4.99 Å². The van der Waals surface area contributed by atoms with Crippen LogP contribution < -0.4 is 15.8 Å². The summed E-state index contributed by atoms with van der Waals surface area (Å²) in [5, 5.41) is 4.10. The predicted octanol–water partition coefficient (Wildman–Crippen LogP) is 3.24.